The van der Waals surface area contributed by atoms with Crippen LogP contribution in [0, 0.1) is 0 Å². The van der Waals surface area contributed by atoms with E-state index in [1.165, 1.54) is 5.56 Å². The number of amides is 1. The van der Waals surface area contributed by atoms with Gasteiger partial charge in [0.2, 0.25) is 0 Å². The van der Waals surface area contributed by atoms with E-state index < -0.39 is 5.60 Å². The van der Waals surface area contributed by atoms with Crippen LogP contribution in [-0.2, 0) is 11.2 Å². The van der Waals surface area contributed by atoms with Gasteiger partial charge in [0.1, 0.15) is 5.60 Å². The van der Waals surface area contributed by atoms with Crippen LogP contribution in [-0.4, -0.2) is 47.4 Å². The van der Waals surface area contributed by atoms with Crippen molar-refractivity contribution in [3.05, 3.63) is 29.8 Å². The first-order valence-electron chi connectivity index (χ1n) is 8.31. The molecule has 0 aliphatic carbocycles. The monoisotopic (exact) mass is 320 g/mol. The van der Waals surface area contributed by atoms with E-state index in [1.807, 2.05) is 32.9 Å². The average molecular weight is 320 g/mol. The highest BCUT2D eigenvalue weighted by atomic mass is 16.6. The number of aryl methyl sites for hydroxylation is 1. The Balaban J connectivity index is 1.87. The first-order valence-corrected chi connectivity index (χ1v) is 8.31. The fourth-order valence-electron chi connectivity index (χ4n) is 2.71. The number of anilines is 1. The summed E-state index contributed by atoms with van der Waals surface area (Å²) in [5.74, 6) is 0. The molecule has 2 rings (SSSR count). The average Bonchev–Trinajstić information content (AvgIpc) is 2.92. The van der Waals surface area contributed by atoms with Gasteiger partial charge in [-0.05, 0) is 57.7 Å². The van der Waals surface area contributed by atoms with Crippen molar-refractivity contribution in [2.24, 2.45) is 0 Å². The van der Waals surface area contributed by atoms with Crippen molar-refractivity contribution in [2.45, 2.75) is 51.7 Å². The topological polar surface area (TPSA) is 61.8 Å². The molecule has 1 unspecified atom stereocenters. The van der Waals surface area contributed by atoms with E-state index in [2.05, 4.69) is 17.4 Å². The van der Waals surface area contributed by atoms with Crippen molar-refractivity contribution in [1.82, 2.24) is 4.90 Å². The molecule has 1 aliphatic heterocycles. The Labute approximate surface area is 138 Å². The van der Waals surface area contributed by atoms with E-state index in [9.17, 15) is 4.79 Å². The lowest BCUT2D eigenvalue weighted by molar-refractivity contribution is 0.0293. The third kappa shape index (κ3) is 5.75. The molecule has 0 bridgehead atoms. The molecule has 0 radical (unpaired) electrons. The van der Waals surface area contributed by atoms with Gasteiger partial charge in [0, 0.05) is 31.4 Å². The molecule has 0 saturated carbocycles. The molecule has 1 amide bonds. The van der Waals surface area contributed by atoms with Gasteiger partial charge in [-0.25, -0.2) is 4.79 Å². The maximum Gasteiger partial charge on any atom is 0.410 e. The number of rotatable bonds is 5. The van der Waals surface area contributed by atoms with Gasteiger partial charge >= 0.3 is 6.09 Å². The first-order chi connectivity index (χ1) is 10.9. The van der Waals surface area contributed by atoms with E-state index in [0.717, 1.165) is 31.5 Å². The number of ether oxygens (including phenoxy) is 1. The second-order valence-corrected chi connectivity index (χ2v) is 7.08. The summed E-state index contributed by atoms with van der Waals surface area (Å²) in [6.07, 6.45) is 2.33. The van der Waals surface area contributed by atoms with Gasteiger partial charge in [0.05, 0.1) is 0 Å². The zero-order chi connectivity index (χ0) is 16.9. The van der Waals surface area contributed by atoms with Crippen LogP contribution >= 0.6 is 0 Å². The van der Waals surface area contributed by atoms with Crippen LogP contribution < -0.4 is 5.32 Å². The Bertz CT molecular complexity index is 525. The zero-order valence-corrected chi connectivity index (χ0v) is 14.3. The van der Waals surface area contributed by atoms with E-state index in [0.29, 0.717) is 6.54 Å². The van der Waals surface area contributed by atoms with E-state index in [4.69, 9.17) is 9.84 Å². The number of hydrogen-bond donors (Lipinski definition) is 2. The number of carbonyl (C=O) groups is 1. The van der Waals surface area contributed by atoms with Crippen molar-refractivity contribution in [3.8, 4) is 0 Å². The minimum Gasteiger partial charge on any atom is -0.444 e. The number of aliphatic hydroxyl groups excluding tert-OH is 1. The van der Waals surface area contributed by atoms with Crippen LogP contribution in [0.25, 0.3) is 0 Å². The van der Waals surface area contributed by atoms with Crippen LogP contribution in [0.1, 0.15) is 39.2 Å². The quantitative estimate of drug-likeness (QED) is 0.875. The van der Waals surface area contributed by atoms with Gasteiger partial charge in [-0.1, -0.05) is 12.1 Å². The van der Waals surface area contributed by atoms with Crippen molar-refractivity contribution in [2.75, 3.05) is 25.0 Å². The minimum atomic E-state index is -0.455. The lowest BCUT2D eigenvalue weighted by atomic mass is 10.1. The molecule has 0 spiro atoms. The Morgan fingerprint density at radius 3 is 2.91 bits per heavy atom. The molecule has 23 heavy (non-hydrogen) atoms. The number of nitrogens with one attached hydrogen (secondary N) is 1. The molecule has 1 saturated heterocycles. The summed E-state index contributed by atoms with van der Waals surface area (Å²) >= 11 is 0. The summed E-state index contributed by atoms with van der Waals surface area (Å²) in [4.78, 5) is 13.8. The fraction of sp³-hybridized carbons (Fsp3) is 0.611. The standard InChI is InChI=1S/C18H28N2O3/c1-18(2,3)23-17(22)20-10-9-16(13-20)19-15-8-4-6-14(12-15)7-5-11-21/h4,6,8,12,16,19,21H,5,7,9-11,13H2,1-3H3. The predicted molar refractivity (Wildman–Crippen MR) is 91.7 cm³/mol. The van der Waals surface area contributed by atoms with Crippen molar-refractivity contribution < 1.29 is 14.6 Å². The molecule has 2 N–H and O–H groups in total. The summed E-state index contributed by atoms with van der Waals surface area (Å²) in [6.45, 7) is 7.25. The third-order valence-electron chi connectivity index (χ3n) is 3.76. The number of carbonyl (C=O) groups excluding carboxylic acids is 1. The zero-order valence-electron chi connectivity index (χ0n) is 14.3. The molecule has 1 aromatic carbocycles. The molecule has 1 heterocycles. The molecular weight excluding hydrogens is 292 g/mol. The lowest BCUT2D eigenvalue weighted by Crippen LogP contribution is -2.36. The van der Waals surface area contributed by atoms with Crippen molar-refractivity contribution in [3.63, 3.8) is 0 Å². The summed E-state index contributed by atoms with van der Waals surface area (Å²) < 4.78 is 5.42. The summed E-state index contributed by atoms with van der Waals surface area (Å²) in [7, 11) is 0. The minimum absolute atomic E-state index is 0.213. The molecule has 0 aromatic heterocycles. The number of likely N-dealkylation sites (tertiary alicyclic amines) is 1. The molecular formula is C18H28N2O3. The van der Waals surface area contributed by atoms with Crippen LogP contribution in [0.3, 0.4) is 0 Å². The van der Waals surface area contributed by atoms with E-state index in [-0.39, 0.29) is 18.7 Å². The van der Waals surface area contributed by atoms with Gasteiger partial charge < -0.3 is 20.1 Å². The summed E-state index contributed by atoms with van der Waals surface area (Å²) in [6, 6.07) is 8.50. The summed E-state index contributed by atoms with van der Waals surface area (Å²) in [5, 5.41) is 12.4. The molecule has 128 valence electrons. The van der Waals surface area contributed by atoms with Gasteiger partial charge in [-0.2, -0.15) is 0 Å². The summed E-state index contributed by atoms with van der Waals surface area (Å²) in [5.41, 5.74) is 1.83. The Morgan fingerprint density at radius 1 is 1.43 bits per heavy atom. The highest BCUT2D eigenvalue weighted by molar-refractivity contribution is 5.68. The van der Waals surface area contributed by atoms with Crippen molar-refractivity contribution in [1.29, 1.82) is 0 Å². The Morgan fingerprint density at radius 2 is 2.22 bits per heavy atom. The van der Waals surface area contributed by atoms with Gasteiger partial charge in [0.15, 0.2) is 0 Å². The first kappa shape index (κ1) is 17.6. The van der Waals surface area contributed by atoms with Crippen LogP contribution in [0.15, 0.2) is 24.3 Å². The van der Waals surface area contributed by atoms with Crippen LogP contribution in [0.2, 0.25) is 0 Å². The van der Waals surface area contributed by atoms with Gasteiger partial charge in [-0.15, -0.1) is 0 Å². The van der Waals surface area contributed by atoms with Crippen LogP contribution in [0.4, 0.5) is 10.5 Å². The highest BCUT2D eigenvalue weighted by Gasteiger charge is 2.29. The molecule has 1 atom stereocenters. The SMILES string of the molecule is CC(C)(C)OC(=O)N1CCC(Nc2cccc(CCCO)c2)C1. The lowest BCUT2D eigenvalue weighted by Gasteiger charge is -2.24. The Kier molecular flexibility index (Phi) is 5.88. The Hall–Kier alpha value is -1.75. The third-order valence-corrected chi connectivity index (χ3v) is 3.76. The number of nitrogens with zero attached hydrogens (tertiary/aromatic N) is 1. The fourth-order valence-corrected chi connectivity index (χ4v) is 2.71. The smallest absolute Gasteiger partial charge is 0.410 e. The number of hydrogen-bond acceptors (Lipinski definition) is 4. The normalized spacial score (nSPS) is 18.1. The second kappa shape index (κ2) is 7.68. The molecule has 1 aromatic rings. The van der Waals surface area contributed by atoms with Crippen LogP contribution in [0.5, 0.6) is 0 Å². The second-order valence-electron chi connectivity index (χ2n) is 7.08. The van der Waals surface area contributed by atoms with Crippen molar-refractivity contribution >= 4 is 11.8 Å². The molecule has 5 heteroatoms. The molecule has 5 nitrogen and oxygen atoms in total. The predicted octanol–water partition coefficient (Wildman–Crippen LogP) is 3.03. The largest absolute Gasteiger partial charge is 0.444 e. The molecule has 1 aliphatic rings. The number of aliphatic hydroxyl groups is 1. The maximum atomic E-state index is 12.1. The number of benzene rings is 1. The maximum absolute atomic E-state index is 12.1. The van der Waals surface area contributed by atoms with Gasteiger partial charge in [0.25, 0.3) is 0 Å². The van der Waals surface area contributed by atoms with Gasteiger partial charge in [-0.3, -0.25) is 0 Å². The highest BCUT2D eigenvalue weighted by Crippen LogP contribution is 2.20. The molecule has 1 fully saturated rings. The van der Waals surface area contributed by atoms with E-state index in [1.54, 1.807) is 4.90 Å². The van der Waals surface area contributed by atoms with E-state index >= 15 is 0 Å².